The molecule has 0 saturated carbocycles. The van der Waals surface area contributed by atoms with Crippen LogP contribution in [-0.4, -0.2) is 6.54 Å². The van der Waals surface area contributed by atoms with Crippen molar-refractivity contribution in [2.75, 3.05) is 6.54 Å². The average molecular weight is 312 g/mol. The third kappa shape index (κ3) is 3.72. The molecule has 0 bridgehead atoms. The third-order valence-corrected chi connectivity index (χ3v) is 3.58. The molecule has 0 aliphatic heterocycles. The Hall–Kier alpha value is -1.09. The van der Waals surface area contributed by atoms with Crippen molar-refractivity contribution in [1.82, 2.24) is 5.32 Å². The topological polar surface area (TPSA) is 12.0 Å². The van der Waals surface area contributed by atoms with Crippen molar-refractivity contribution in [2.24, 2.45) is 0 Å². The smallest absolute Gasteiger partial charge is 0.123 e. The first-order valence-corrected chi connectivity index (χ1v) is 7.32. The summed E-state index contributed by atoms with van der Waals surface area (Å²) in [6, 6.07) is 10.0. The summed E-state index contributed by atoms with van der Waals surface area (Å²) in [4.78, 5) is 0. The minimum atomic E-state index is -0.273. The highest BCUT2D eigenvalue weighted by Gasteiger charge is 2.10. The second-order valence-electron chi connectivity index (χ2n) is 4.60. The summed E-state index contributed by atoms with van der Waals surface area (Å²) in [5, 5.41) is 4.42. The first-order valence-electron chi connectivity index (χ1n) is 6.56. The van der Waals surface area contributed by atoms with E-state index in [0.717, 1.165) is 29.7 Å². The molecule has 0 saturated heterocycles. The van der Waals surface area contributed by atoms with Crippen molar-refractivity contribution in [2.45, 2.75) is 19.9 Å². The van der Waals surface area contributed by atoms with Crippen molar-refractivity contribution >= 4 is 23.2 Å². The van der Waals surface area contributed by atoms with E-state index in [9.17, 15) is 4.39 Å². The van der Waals surface area contributed by atoms with E-state index >= 15 is 0 Å². The molecule has 0 aromatic heterocycles. The Morgan fingerprint density at radius 3 is 2.55 bits per heavy atom. The normalized spacial score (nSPS) is 10.8. The van der Waals surface area contributed by atoms with Crippen LogP contribution in [0.5, 0.6) is 0 Å². The van der Waals surface area contributed by atoms with Gasteiger partial charge in [-0.25, -0.2) is 4.39 Å². The van der Waals surface area contributed by atoms with Gasteiger partial charge in [0.25, 0.3) is 0 Å². The van der Waals surface area contributed by atoms with Gasteiger partial charge in [-0.05, 0) is 48.4 Å². The molecule has 1 nitrogen and oxygen atoms in total. The lowest BCUT2D eigenvalue weighted by atomic mass is 9.99. The molecule has 0 spiro atoms. The van der Waals surface area contributed by atoms with Crippen LogP contribution < -0.4 is 5.32 Å². The highest BCUT2D eigenvalue weighted by molar-refractivity contribution is 6.36. The molecule has 0 atom stereocenters. The fourth-order valence-electron chi connectivity index (χ4n) is 2.06. The molecule has 1 N–H and O–H groups in total. The number of nitrogens with one attached hydrogen (secondary N) is 1. The van der Waals surface area contributed by atoms with Crippen LogP contribution in [0.1, 0.15) is 18.9 Å². The van der Waals surface area contributed by atoms with Gasteiger partial charge in [-0.15, -0.1) is 0 Å². The molecule has 20 heavy (non-hydrogen) atoms. The second kappa shape index (κ2) is 7.07. The highest BCUT2D eigenvalue weighted by atomic mass is 35.5. The number of rotatable bonds is 5. The summed E-state index contributed by atoms with van der Waals surface area (Å²) in [5.74, 6) is -0.273. The van der Waals surface area contributed by atoms with Crippen LogP contribution in [-0.2, 0) is 6.54 Å². The first kappa shape index (κ1) is 15.3. The maximum absolute atomic E-state index is 13.5. The molecule has 2 aromatic carbocycles. The Balaban J connectivity index is 2.40. The molecular formula is C16H16Cl2FN. The molecule has 0 heterocycles. The monoisotopic (exact) mass is 311 g/mol. The summed E-state index contributed by atoms with van der Waals surface area (Å²) < 4.78 is 13.5. The lowest BCUT2D eigenvalue weighted by Crippen LogP contribution is -2.14. The Labute approximate surface area is 128 Å². The lowest BCUT2D eigenvalue weighted by molar-refractivity contribution is 0.625. The zero-order chi connectivity index (χ0) is 14.5. The Morgan fingerprint density at radius 1 is 1.05 bits per heavy atom. The predicted molar refractivity (Wildman–Crippen MR) is 83.9 cm³/mol. The zero-order valence-corrected chi connectivity index (χ0v) is 12.7. The van der Waals surface area contributed by atoms with Crippen molar-refractivity contribution in [3.05, 3.63) is 57.8 Å². The molecule has 0 fully saturated rings. The predicted octanol–water partition coefficient (Wildman–Crippen LogP) is 5.30. The van der Waals surface area contributed by atoms with Crippen molar-refractivity contribution in [3.8, 4) is 11.1 Å². The molecule has 0 radical (unpaired) electrons. The van der Waals surface area contributed by atoms with Crippen molar-refractivity contribution in [3.63, 3.8) is 0 Å². The van der Waals surface area contributed by atoms with Crippen molar-refractivity contribution < 1.29 is 4.39 Å². The average Bonchev–Trinajstić information content (AvgIpc) is 2.41. The zero-order valence-electron chi connectivity index (χ0n) is 11.2. The van der Waals surface area contributed by atoms with Crippen LogP contribution in [0.25, 0.3) is 11.1 Å². The molecule has 0 aliphatic rings. The first-order chi connectivity index (χ1) is 9.61. The van der Waals surface area contributed by atoms with Crippen LogP contribution in [0.2, 0.25) is 10.0 Å². The molecule has 4 heteroatoms. The molecular weight excluding hydrogens is 296 g/mol. The van der Waals surface area contributed by atoms with Gasteiger partial charge in [-0.3, -0.25) is 0 Å². The van der Waals surface area contributed by atoms with Gasteiger partial charge in [0.05, 0.1) is 0 Å². The fraction of sp³-hybridized carbons (Fsp3) is 0.250. The standard InChI is InChI=1S/C16H16Cl2FN/c1-2-7-20-10-11-3-5-13(19)9-15(11)14-6-4-12(17)8-16(14)18/h3-6,8-9,20H,2,7,10H2,1H3. The SMILES string of the molecule is CCCNCc1ccc(F)cc1-c1ccc(Cl)cc1Cl. The van der Waals surface area contributed by atoms with Crippen molar-refractivity contribution in [1.29, 1.82) is 0 Å². The minimum absolute atomic E-state index is 0.273. The van der Waals surface area contributed by atoms with Crippen LogP contribution in [0.15, 0.2) is 36.4 Å². The van der Waals surface area contributed by atoms with E-state index in [1.807, 2.05) is 6.07 Å². The summed E-state index contributed by atoms with van der Waals surface area (Å²) in [6.45, 7) is 3.71. The molecule has 0 amide bonds. The molecule has 106 valence electrons. The van der Waals surface area contributed by atoms with E-state index in [4.69, 9.17) is 23.2 Å². The summed E-state index contributed by atoms with van der Waals surface area (Å²) in [6.07, 6.45) is 1.05. The summed E-state index contributed by atoms with van der Waals surface area (Å²) >= 11 is 12.1. The summed E-state index contributed by atoms with van der Waals surface area (Å²) in [7, 11) is 0. The van der Waals surface area contributed by atoms with Crippen LogP contribution >= 0.6 is 23.2 Å². The lowest BCUT2D eigenvalue weighted by Gasteiger charge is -2.12. The minimum Gasteiger partial charge on any atom is -0.313 e. The highest BCUT2D eigenvalue weighted by Crippen LogP contribution is 2.33. The third-order valence-electron chi connectivity index (χ3n) is 3.04. The van der Waals surface area contributed by atoms with Gasteiger partial charge in [-0.2, -0.15) is 0 Å². The number of halogens is 3. The van der Waals surface area contributed by atoms with Gasteiger partial charge in [0.1, 0.15) is 5.82 Å². The Bertz CT molecular complexity index is 599. The molecule has 2 rings (SSSR count). The van der Waals surface area contributed by atoms with Gasteiger partial charge in [-0.1, -0.05) is 42.3 Å². The van der Waals surface area contributed by atoms with Gasteiger partial charge in [0, 0.05) is 22.2 Å². The van der Waals surface area contributed by atoms with Crippen LogP contribution in [0.4, 0.5) is 4.39 Å². The van der Waals surface area contributed by atoms with E-state index in [-0.39, 0.29) is 5.82 Å². The van der Waals surface area contributed by atoms with E-state index in [0.29, 0.717) is 16.6 Å². The van der Waals surface area contributed by atoms with E-state index in [1.165, 1.54) is 12.1 Å². The van der Waals surface area contributed by atoms with Gasteiger partial charge < -0.3 is 5.32 Å². The molecule has 0 unspecified atom stereocenters. The van der Waals surface area contributed by atoms with Gasteiger partial charge >= 0.3 is 0 Å². The van der Waals surface area contributed by atoms with Gasteiger partial charge in [0.2, 0.25) is 0 Å². The number of benzene rings is 2. The molecule has 0 aliphatic carbocycles. The summed E-state index contributed by atoms with van der Waals surface area (Å²) in [5.41, 5.74) is 2.61. The van der Waals surface area contributed by atoms with Crippen LogP contribution in [0.3, 0.4) is 0 Å². The second-order valence-corrected chi connectivity index (χ2v) is 5.45. The number of hydrogen-bond donors (Lipinski definition) is 1. The van der Waals surface area contributed by atoms with E-state index in [1.54, 1.807) is 18.2 Å². The largest absolute Gasteiger partial charge is 0.313 e. The quantitative estimate of drug-likeness (QED) is 0.739. The maximum atomic E-state index is 13.5. The van der Waals surface area contributed by atoms with Gasteiger partial charge in [0.15, 0.2) is 0 Å². The Morgan fingerprint density at radius 2 is 1.85 bits per heavy atom. The molecule has 2 aromatic rings. The maximum Gasteiger partial charge on any atom is 0.123 e. The fourth-order valence-corrected chi connectivity index (χ4v) is 2.57. The van der Waals surface area contributed by atoms with E-state index in [2.05, 4.69) is 12.2 Å². The van der Waals surface area contributed by atoms with Crippen LogP contribution in [0, 0.1) is 5.82 Å². The van der Waals surface area contributed by atoms with E-state index < -0.39 is 0 Å². The number of hydrogen-bond acceptors (Lipinski definition) is 1. The Kier molecular flexibility index (Phi) is 5.41.